The number of aromatic amines is 1. The fourth-order valence-corrected chi connectivity index (χ4v) is 3.29. The van der Waals surface area contributed by atoms with E-state index in [1.165, 1.54) is 5.56 Å². The van der Waals surface area contributed by atoms with Crippen molar-refractivity contribution in [3.05, 3.63) is 64.3 Å². The molecule has 3 aromatic rings. The first-order valence-corrected chi connectivity index (χ1v) is 7.97. The Morgan fingerprint density at radius 1 is 1.22 bits per heavy atom. The van der Waals surface area contributed by atoms with Crippen molar-refractivity contribution in [2.45, 2.75) is 13.3 Å². The summed E-state index contributed by atoms with van der Waals surface area (Å²) in [4.78, 5) is 15.6. The van der Waals surface area contributed by atoms with E-state index in [9.17, 15) is 4.79 Å². The van der Waals surface area contributed by atoms with Crippen molar-refractivity contribution in [2.24, 2.45) is 0 Å². The highest BCUT2D eigenvalue weighted by atomic mass is 35.5. The summed E-state index contributed by atoms with van der Waals surface area (Å²) >= 11 is 6.00. The molecule has 114 valence electrons. The third-order valence-corrected chi connectivity index (χ3v) is 4.51. The molecule has 0 spiro atoms. The monoisotopic (exact) mass is 322 g/mol. The van der Waals surface area contributed by atoms with E-state index in [-0.39, 0.29) is 5.91 Å². The van der Waals surface area contributed by atoms with Gasteiger partial charge < -0.3 is 10.3 Å². The number of H-pyrrole nitrogens is 1. The van der Waals surface area contributed by atoms with Gasteiger partial charge in [-0.3, -0.25) is 4.79 Å². The lowest BCUT2D eigenvalue weighted by Crippen LogP contribution is -2.03. The van der Waals surface area contributed by atoms with Crippen LogP contribution in [0.15, 0.2) is 42.6 Å². The second-order valence-corrected chi connectivity index (χ2v) is 6.08. The van der Waals surface area contributed by atoms with Crippen molar-refractivity contribution >= 4 is 45.7 Å². The Kier molecular flexibility index (Phi) is 3.24. The van der Waals surface area contributed by atoms with Gasteiger partial charge in [-0.1, -0.05) is 42.8 Å². The lowest BCUT2D eigenvalue weighted by atomic mass is 10.0. The normalized spacial score (nSPS) is 15.2. The maximum Gasteiger partial charge on any atom is 0.256 e. The lowest BCUT2D eigenvalue weighted by Gasteiger charge is -2.00. The zero-order chi connectivity index (χ0) is 16.0. The molecule has 2 N–H and O–H groups in total. The number of aromatic nitrogens is 1. The van der Waals surface area contributed by atoms with Gasteiger partial charge in [-0.05, 0) is 30.2 Å². The van der Waals surface area contributed by atoms with Crippen LogP contribution < -0.4 is 5.32 Å². The number of aryl methyl sites for hydroxylation is 1. The number of fused-ring (bicyclic) bond motifs is 2. The molecule has 2 heterocycles. The number of nitrogens with one attached hydrogen (secondary N) is 2. The molecular formula is C19H15ClN2O. The number of anilines is 1. The van der Waals surface area contributed by atoms with E-state index < -0.39 is 0 Å². The van der Waals surface area contributed by atoms with Crippen molar-refractivity contribution < 1.29 is 4.79 Å². The standard InChI is InChI=1S/C19H15ClN2O/c1-2-11-4-3-5-14-12(10-21-18(11)14)8-16-15-7-6-13(20)9-17(15)22-19(16)23/h3-10,21H,2H2,1H3,(H,22,23)/b16-8+. The van der Waals surface area contributed by atoms with Gasteiger partial charge in [0.25, 0.3) is 5.91 Å². The summed E-state index contributed by atoms with van der Waals surface area (Å²) in [6.45, 7) is 2.14. The average Bonchev–Trinajstić information content (AvgIpc) is 3.09. The van der Waals surface area contributed by atoms with Gasteiger partial charge in [0.15, 0.2) is 0 Å². The molecule has 0 atom stereocenters. The maximum absolute atomic E-state index is 12.3. The van der Waals surface area contributed by atoms with Crippen LogP contribution in [0, 0.1) is 0 Å². The minimum absolute atomic E-state index is 0.0942. The quantitative estimate of drug-likeness (QED) is 0.649. The number of benzene rings is 2. The van der Waals surface area contributed by atoms with Crippen molar-refractivity contribution in [3.63, 3.8) is 0 Å². The van der Waals surface area contributed by atoms with Crippen LogP contribution in [0.25, 0.3) is 22.6 Å². The Balaban J connectivity index is 1.87. The summed E-state index contributed by atoms with van der Waals surface area (Å²) in [5.74, 6) is -0.0942. The minimum atomic E-state index is -0.0942. The van der Waals surface area contributed by atoms with E-state index in [1.807, 2.05) is 18.3 Å². The van der Waals surface area contributed by atoms with Crippen molar-refractivity contribution in [1.29, 1.82) is 0 Å². The van der Waals surface area contributed by atoms with Crippen LogP contribution >= 0.6 is 11.6 Å². The third-order valence-electron chi connectivity index (χ3n) is 4.28. The van der Waals surface area contributed by atoms with E-state index >= 15 is 0 Å². The molecule has 4 heteroatoms. The third kappa shape index (κ3) is 2.25. The number of carbonyl (C=O) groups is 1. The number of hydrogen-bond acceptors (Lipinski definition) is 1. The van der Waals surface area contributed by atoms with Crippen LogP contribution in [0.3, 0.4) is 0 Å². The first-order chi connectivity index (χ1) is 11.2. The highest BCUT2D eigenvalue weighted by Crippen LogP contribution is 2.36. The molecule has 0 fully saturated rings. The Bertz CT molecular complexity index is 969. The molecule has 0 saturated carbocycles. The van der Waals surface area contributed by atoms with Crippen LogP contribution in [-0.2, 0) is 11.2 Å². The van der Waals surface area contributed by atoms with E-state index in [0.29, 0.717) is 10.6 Å². The van der Waals surface area contributed by atoms with Crippen LogP contribution in [0.4, 0.5) is 5.69 Å². The second kappa shape index (κ2) is 5.28. The number of hydrogen-bond donors (Lipinski definition) is 2. The summed E-state index contributed by atoms with van der Waals surface area (Å²) in [7, 11) is 0. The molecule has 0 bridgehead atoms. The molecule has 1 aromatic heterocycles. The molecule has 3 nitrogen and oxygen atoms in total. The summed E-state index contributed by atoms with van der Waals surface area (Å²) in [5.41, 5.74) is 5.75. The Morgan fingerprint density at radius 3 is 2.91 bits per heavy atom. The van der Waals surface area contributed by atoms with Crippen molar-refractivity contribution in [2.75, 3.05) is 5.32 Å². The van der Waals surface area contributed by atoms with Crippen molar-refractivity contribution in [1.82, 2.24) is 4.98 Å². The smallest absolute Gasteiger partial charge is 0.256 e. The molecule has 2 aromatic carbocycles. The van der Waals surface area contributed by atoms with Gasteiger partial charge >= 0.3 is 0 Å². The minimum Gasteiger partial charge on any atom is -0.360 e. The Morgan fingerprint density at radius 2 is 2.09 bits per heavy atom. The molecule has 1 amide bonds. The summed E-state index contributed by atoms with van der Waals surface area (Å²) < 4.78 is 0. The van der Waals surface area contributed by atoms with Gasteiger partial charge in [0, 0.05) is 38.8 Å². The summed E-state index contributed by atoms with van der Waals surface area (Å²) in [6, 6.07) is 11.7. The first kappa shape index (κ1) is 14.1. The SMILES string of the molecule is CCc1cccc2c(/C=C3/C(=O)Nc4cc(Cl)ccc43)c[nH]c12. The molecule has 4 rings (SSSR count). The number of rotatable bonds is 2. The fourth-order valence-electron chi connectivity index (χ4n) is 3.12. The number of para-hydroxylation sites is 1. The predicted molar refractivity (Wildman–Crippen MR) is 95.6 cm³/mol. The topological polar surface area (TPSA) is 44.9 Å². The maximum atomic E-state index is 12.3. The Hall–Kier alpha value is -2.52. The largest absolute Gasteiger partial charge is 0.360 e. The zero-order valence-electron chi connectivity index (χ0n) is 12.6. The molecule has 0 radical (unpaired) electrons. The lowest BCUT2D eigenvalue weighted by molar-refractivity contribution is -0.110. The number of halogens is 1. The van der Waals surface area contributed by atoms with Gasteiger partial charge in [-0.25, -0.2) is 0 Å². The van der Waals surface area contributed by atoms with Gasteiger partial charge in [0.1, 0.15) is 0 Å². The zero-order valence-corrected chi connectivity index (χ0v) is 13.4. The van der Waals surface area contributed by atoms with E-state index in [4.69, 9.17) is 11.6 Å². The molecule has 23 heavy (non-hydrogen) atoms. The highest BCUT2D eigenvalue weighted by molar-refractivity contribution is 6.36. The summed E-state index contributed by atoms with van der Waals surface area (Å²) in [5, 5.41) is 4.62. The average molecular weight is 323 g/mol. The van der Waals surface area contributed by atoms with Crippen LogP contribution in [0.1, 0.15) is 23.6 Å². The van der Waals surface area contributed by atoms with Crippen LogP contribution in [-0.4, -0.2) is 10.9 Å². The number of amides is 1. The van der Waals surface area contributed by atoms with Gasteiger partial charge in [0.05, 0.1) is 5.69 Å². The molecule has 0 saturated heterocycles. The molecule has 1 aliphatic rings. The van der Waals surface area contributed by atoms with E-state index in [1.54, 1.807) is 12.1 Å². The second-order valence-electron chi connectivity index (χ2n) is 5.64. The van der Waals surface area contributed by atoms with Gasteiger partial charge in [-0.15, -0.1) is 0 Å². The first-order valence-electron chi connectivity index (χ1n) is 7.59. The molecule has 1 aliphatic heterocycles. The van der Waals surface area contributed by atoms with Crippen molar-refractivity contribution in [3.8, 4) is 0 Å². The molecular weight excluding hydrogens is 308 g/mol. The van der Waals surface area contributed by atoms with Crippen LogP contribution in [0.5, 0.6) is 0 Å². The summed E-state index contributed by atoms with van der Waals surface area (Å²) in [6.07, 6.45) is 4.86. The molecule has 0 aliphatic carbocycles. The molecule has 0 unspecified atom stereocenters. The number of carbonyl (C=O) groups excluding carboxylic acids is 1. The highest BCUT2D eigenvalue weighted by Gasteiger charge is 2.24. The van der Waals surface area contributed by atoms with E-state index in [2.05, 4.69) is 35.4 Å². The van der Waals surface area contributed by atoms with E-state index in [0.717, 1.165) is 34.1 Å². The van der Waals surface area contributed by atoms with Gasteiger partial charge in [-0.2, -0.15) is 0 Å². The Labute approximate surface area is 139 Å². The van der Waals surface area contributed by atoms with Crippen LogP contribution in [0.2, 0.25) is 5.02 Å². The van der Waals surface area contributed by atoms with Gasteiger partial charge in [0.2, 0.25) is 0 Å². The predicted octanol–water partition coefficient (Wildman–Crippen LogP) is 4.88. The fraction of sp³-hybridized carbons (Fsp3) is 0.105.